The van der Waals surface area contributed by atoms with Gasteiger partial charge < -0.3 is 4.98 Å². The van der Waals surface area contributed by atoms with Crippen LogP contribution in [0.15, 0.2) is 17.2 Å². The van der Waals surface area contributed by atoms with Gasteiger partial charge in [-0.15, -0.1) is 0 Å². The van der Waals surface area contributed by atoms with E-state index in [4.69, 9.17) is 0 Å². The van der Waals surface area contributed by atoms with E-state index in [1.54, 1.807) is 0 Å². The molecular formula is C10H15FN2O. The summed E-state index contributed by atoms with van der Waals surface area (Å²) in [5.74, 6) is 0.348. The molecule has 0 unspecified atom stereocenters. The predicted molar refractivity (Wildman–Crippen MR) is 52.9 cm³/mol. The molecule has 0 saturated carbocycles. The normalized spacial score (nSPS) is 13.1. The minimum absolute atomic E-state index is 0.321. The number of alkyl halides is 1. The summed E-state index contributed by atoms with van der Waals surface area (Å²) in [5, 5.41) is 0. The zero-order valence-electron chi connectivity index (χ0n) is 8.46. The summed E-state index contributed by atoms with van der Waals surface area (Å²) in [6.45, 7) is 3.97. The van der Waals surface area contributed by atoms with Gasteiger partial charge in [-0.3, -0.25) is 0 Å². The van der Waals surface area contributed by atoms with E-state index in [1.807, 2.05) is 13.8 Å². The molecular weight excluding hydrogens is 183 g/mol. The largest absolute Gasteiger partial charge is 0.344 e. The fraction of sp³-hybridized carbons (Fsp3) is 0.600. The summed E-state index contributed by atoms with van der Waals surface area (Å²) in [4.78, 5) is 16.6. The highest BCUT2D eigenvalue weighted by molar-refractivity contribution is 5.03. The van der Waals surface area contributed by atoms with Crippen molar-refractivity contribution in [3.63, 3.8) is 0 Å². The second kappa shape index (κ2) is 4.88. The number of hydrogen-bond acceptors (Lipinski definition) is 2. The SMILES string of the molecule is CC(C)C[C@@H](F)Cc1cnc(=O)[nH]c1. The summed E-state index contributed by atoms with van der Waals surface area (Å²) in [5.41, 5.74) is 0.339. The number of halogens is 1. The Labute approximate surface area is 82.4 Å². The summed E-state index contributed by atoms with van der Waals surface area (Å²) in [6.07, 6.45) is 2.94. The topological polar surface area (TPSA) is 45.8 Å². The molecule has 1 atom stereocenters. The highest BCUT2D eigenvalue weighted by Crippen LogP contribution is 2.12. The number of hydrogen-bond donors (Lipinski definition) is 1. The Morgan fingerprint density at radius 1 is 1.57 bits per heavy atom. The monoisotopic (exact) mass is 198 g/mol. The molecule has 3 nitrogen and oxygen atoms in total. The van der Waals surface area contributed by atoms with Gasteiger partial charge in [0.15, 0.2) is 0 Å². The van der Waals surface area contributed by atoms with E-state index >= 15 is 0 Å². The van der Waals surface area contributed by atoms with Crippen LogP contribution in [0.2, 0.25) is 0 Å². The van der Waals surface area contributed by atoms with E-state index in [-0.39, 0.29) is 0 Å². The van der Waals surface area contributed by atoms with Crippen molar-refractivity contribution in [2.75, 3.05) is 0 Å². The Morgan fingerprint density at radius 3 is 2.79 bits per heavy atom. The molecule has 1 aromatic rings. The van der Waals surface area contributed by atoms with Crippen LogP contribution in [0.5, 0.6) is 0 Å². The lowest BCUT2D eigenvalue weighted by atomic mass is 10.0. The van der Waals surface area contributed by atoms with Gasteiger partial charge in [0.25, 0.3) is 0 Å². The first kappa shape index (κ1) is 10.9. The van der Waals surface area contributed by atoms with Crippen molar-refractivity contribution in [1.82, 2.24) is 9.97 Å². The molecule has 0 amide bonds. The lowest BCUT2D eigenvalue weighted by molar-refractivity contribution is 0.281. The molecule has 0 radical (unpaired) electrons. The van der Waals surface area contributed by atoms with Gasteiger partial charge in [-0.2, -0.15) is 0 Å². The van der Waals surface area contributed by atoms with E-state index in [9.17, 15) is 9.18 Å². The maximum atomic E-state index is 13.3. The first-order valence-corrected chi connectivity index (χ1v) is 4.75. The van der Waals surface area contributed by atoms with E-state index in [1.165, 1.54) is 12.4 Å². The van der Waals surface area contributed by atoms with Gasteiger partial charge in [0.1, 0.15) is 6.17 Å². The Kier molecular flexibility index (Phi) is 3.80. The maximum absolute atomic E-state index is 13.3. The van der Waals surface area contributed by atoms with Gasteiger partial charge in [-0.05, 0) is 17.9 Å². The highest BCUT2D eigenvalue weighted by Gasteiger charge is 2.10. The first-order chi connectivity index (χ1) is 6.58. The van der Waals surface area contributed by atoms with E-state index in [2.05, 4.69) is 9.97 Å². The fourth-order valence-electron chi connectivity index (χ4n) is 1.33. The Bertz CT molecular complexity index is 315. The van der Waals surface area contributed by atoms with Gasteiger partial charge in [0, 0.05) is 18.8 Å². The molecule has 1 N–H and O–H groups in total. The van der Waals surface area contributed by atoms with Crippen LogP contribution in [0.25, 0.3) is 0 Å². The lowest BCUT2D eigenvalue weighted by Gasteiger charge is -2.09. The second-order valence-corrected chi connectivity index (χ2v) is 3.86. The van der Waals surface area contributed by atoms with Crippen molar-refractivity contribution in [2.45, 2.75) is 32.9 Å². The predicted octanol–water partition coefficient (Wildman–Crippen LogP) is 1.70. The van der Waals surface area contributed by atoms with Crippen LogP contribution in [0.1, 0.15) is 25.8 Å². The molecule has 14 heavy (non-hydrogen) atoms. The van der Waals surface area contributed by atoms with E-state index in [0.717, 1.165) is 5.56 Å². The van der Waals surface area contributed by atoms with E-state index in [0.29, 0.717) is 18.8 Å². The quantitative estimate of drug-likeness (QED) is 0.800. The minimum atomic E-state index is -0.859. The molecule has 0 fully saturated rings. The number of nitrogens with one attached hydrogen (secondary N) is 1. The van der Waals surface area contributed by atoms with Crippen molar-refractivity contribution in [2.24, 2.45) is 5.92 Å². The number of nitrogens with zero attached hydrogens (tertiary/aromatic N) is 1. The van der Waals surface area contributed by atoms with Crippen molar-refractivity contribution in [3.8, 4) is 0 Å². The molecule has 0 bridgehead atoms. The molecule has 1 rings (SSSR count). The summed E-state index contributed by atoms with van der Waals surface area (Å²) < 4.78 is 13.3. The zero-order chi connectivity index (χ0) is 10.6. The number of aromatic nitrogens is 2. The molecule has 1 aromatic heterocycles. The number of H-pyrrole nitrogens is 1. The minimum Gasteiger partial charge on any atom is -0.312 e. The molecule has 0 saturated heterocycles. The molecule has 4 heteroatoms. The molecule has 0 spiro atoms. The molecule has 0 aliphatic heterocycles. The summed E-state index contributed by atoms with van der Waals surface area (Å²) in [6, 6.07) is 0. The van der Waals surface area contributed by atoms with Gasteiger partial charge >= 0.3 is 5.69 Å². The van der Waals surface area contributed by atoms with Crippen LogP contribution in [0.4, 0.5) is 4.39 Å². The maximum Gasteiger partial charge on any atom is 0.344 e. The van der Waals surface area contributed by atoms with Crippen LogP contribution in [-0.4, -0.2) is 16.1 Å². The average molecular weight is 198 g/mol. The van der Waals surface area contributed by atoms with Crippen LogP contribution >= 0.6 is 0 Å². The number of aromatic amines is 1. The Balaban J connectivity index is 2.52. The van der Waals surface area contributed by atoms with Crippen molar-refractivity contribution < 1.29 is 4.39 Å². The number of rotatable bonds is 4. The van der Waals surface area contributed by atoms with Gasteiger partial charge in [-0.25, -0.2) is 14.2 Å². The molecule has 0 aromatic carbocycles. The second-order valence-electron chi connectivity index (χ2n) is 3.86. The van der Waals surface area contributed by atoms with Gasteiger partial charge in [0.2, 0.25) is 0 Å². The molecule has 1 heterocycles. The highest BCUT2D eigenvalue weighted by atomic mass is 19.1. The van der Waals surface area contributed by atoms with Crippen LogP contribution < -0.4 is 5.69 Å². The third kappa shape index (κ3) is 3.68. The third-order valence-corrected chi connectivity index (χ3v) is 1.91. The third-order valence-electron chi connectivity index (χ3n) is 1.91. The smallest absolute Gasteiger partial charge is 0.312 e. The van der Waals surface area contributed by atoms with Gasteiger partial charge in [0.05, 0.1) is 0 Å². The molecule has 0 aliphatic rings. The first-order valence-electron chi connectivity index (χ1n) is 4.75. The lowest BCUT2D eigenvalue weighted by Crippen LogP contribution is -2.13. The van der Waals surface area contributed by atoms with Crippen molar-refractivity contribution in [3.05, 3.63) is 28.4 Å². The van der Waals surface area contributed by atoms with Crippen molar-refractivity contribution in [1.29, 1.82) is 0 Å². The van der Waals surface area contributed by atoms with E-state index < -0.39 is 11.9 Å². The van der Waals surface area contributed by atoms with Crippen LogP contribution in [0.3, 0.4) is 0 Å². The molecule has 78 valence electrons. The van der Waals surface area contributed by atoms with Crippen molar-refractivity contribution >= 4 is 0 Å². The van der Waals surface area contributed by atoms with Crippen LogP contribution in [0, 0.1) is 5.92 Å². The molecule has 0 aliphatic carbocycles. The summed E-state index contributed by atoms with van der Waals surface area (Å²) in [7, 11) is 0. The van der Waals surface area contributed by atoms with Crippen LogP contribution in [-0.2, 0) is 6.42 Å². The zero-order valence-corrected chi connectivity index (χ0v) is 8.46. The summed E-state index contributed by atoms with van der Waals surface area (Å²) >= 11 is 0. The fourth-order valence-corrected chi connectivity index (χ4v) is 1.33. The van der Waals surface area contributed by atoms with Gasteiger partial charge in [-0.1, -0.05) is 13.8 Å². The average Bonchev–Trinajstić information content (AvgIpc) is 2.07. The Hall–Kier alpha value is -1.19. The Morgan fingerprint density at radius 2 is 2.29 bits per heavy atom. The standard InChI is InChI=1S/C10H15FN2O/c1-7(2)3-9(11)4-8-5-12-10(14)13-6-8/h5-7,9H,3-4H2,1-2H3,(H,12,13,14)/t9-/m1/s1.